The lowest BCUT2D eigenvalue weighted by Gasteiger charge is -2.11. The largest absolute Gasteiger partial charge is 0.493 e. The molecule has 0 heterocycles. The highest BCUT2D eigenvalue weighted by molar-refractivity contribution is 14.1. The van der Waals surface area contributed by atoms with Crippen molar-refractivity contribution in [3.63, 3.8) is 0 Å². The molecule has 0 aliphatic heterocycles. The van der Waals surface area contributed by atoms with Gasteiger partial charge in [0.15, 0.2) is 11.5 Å². The zero-order chi connectivity index (χ0) is 21.7. The molecule has 8 nitrogen and oxygen atoms in total. The number of nitro groups is 1. The molecule has 0 aliphatic carbocycles. The van der Waals surface area contributed by atoms with Gasteiger partial charge in [0.25, 0.3) is 11.6 Å². The van der Waals surface area contributed by atoms with Gasteiger partial charge in [0.05, 0.1) is 38.4 Å². The molecule has 0 atom stereocenters. The maximum Gasteiger partial charge on any atom is 0.272 e. The molecule has 0 aliphatic rings. The zero-order valence-corrected chi connectivity index (χ0v) is 18.6. The monoisotopic (exact) mass is 547 g/mol. The quantitative estimate of drug-likeness (QED) is 0.177. The molecule has 0 aromatic heterocycles. The third-order valence-corrected chi connectivity index (χ3v) is 5.01. The van der Waals surface area contributed by atoms with E-state index in [4.69, 9.17) is 32.7 Å². The van der Waals surface area contributed by atoms with Crippen molar-refractivity contribution in [3.8, 4) is 17.6 Å². The summed E-state index contributed by atoms with van der Waals surface area (Å²) in [5.74, 6) is 0.178. The van der Waals surface area contributed by atoms with Crippen LogP contribution in [0.3, 0.4) is 0 Å². The van der Waals surface area contributed by atoms with Gasteiger partial charge in [0.1, 0.15) is 11.6 Å². The van der Waals surface area contributed by atoms with Gasteiger partial charge >= 0.3 is 0 Å². The highest BCUT2D eigenvalue weighted by atomic mass is 127. The number of hydrogen-bond acceptors (Lipinski definition) is 6. The van der Waals surface area contributed by atoms with Gasteiger partial charge < -0.3 is 14.8 Å². The number of carbonyl (C=O) groups is 1. The number of non-ortho nitro benzene ring substituents is 1. The number of nitrogens with zero attached hydrogens (tertiary/aromatic N) is 2. The number of nitro benzene ring substituents is 1. The van der Waals surface area contributed by atoms with Crippen LogP contribution >= 0.6 is 45.8 Å². The number of halogens is 3. The van der Waals surface area contributed by atoms with Crippen molar-refractivity contribution in [2.75, 3.05) is 19.5 Å². The Bertz CT molecular complexity index is 1040. The normalized spacial score (nSPS) is 10.8. The fourth-order valence-electron chi connectivity index (χ4n) is 2.30. The molecule has 0 saturated heterocycles. The number of rotatable bonds is 6. The summed E-state index contributed by atoms with van der Waals surface area (Å²) in [4.78, 5) is 22.7. The molecule has 2 aromatic rings. The second-order valence-electron chi connectivity index (χ2n) is 5.40. The molecule has 29 heavy (non-hydrogen) atoms. The van der Waals surface area contributed by atoms with E-state index >= 15 is 0 Å². The van der Waals surface area contributed by atoms with Crippen molar-refractivity contribution in [2.24, 2.45) is 0 Å². The van der Waals surface area contributed by atoms with E-state index in [0.29, 0.717) is 17.1 Å². The summed E-state index contributed by atoms with van der Waals surface area (Å²) in [6, 6.07) is 7.22. The number of nitriles is 1. The number of carbonyl (C=O) groups excluding carboxylic acids is 1. The van der Waals surface area contributed by atoms with Gasteiger partial charge in [0, 0.05) is 12.1 Å². The van der Waals surface area contributed by atoms with E-state index in [-0.39, 0.29) is 27.0 Å². The lowest BCUT2D eigenvalue weighted by Crippen LogP contribution is -2.14. The second kappa shape index (κ2) is 9.78. The molecule has 11 heteroatoms. The summed E-state index contributed by atoms with van der Waals surface area (Å²) in [7, 11) is 2.97. The summed E-state index contributed by atoms with van der Waals surface area (Å²) in [6.45, 7) is 0. The van der Waals surface area contributed by atoms with Crippen molar-refractivity contribution in [2.45, 2.75) is 0 Å². The first-order valence-corrected chi connectivity index (χ1v) is 9.53. The van der Waals surface area contributed by atoms with E-state index in [1.165, 1.54) is 20.3 Å². The summed E-state index contributed by atoms with van der Waals surface area (Å²) in [5.41, 5.74) is -0.0703. The molecule has 0 bridgehead atoms. The summed E-state index contributed by atoms with van der Waals surface area (Å²) in [6.07, 6.45) is 1.35. The van der Waals surface area contributed by atoms with Crippen LogP contribution in [0, 0.1) is 25.0 Å². The first-order chi connectivity index (χ1) is 13.7. The van der Waals surface area contributed by atoms with Crippen molar-refractivity contribution >= 4 is 69.2 Å². The number of amides is 1. The molecule has 2 rings (SSSR count). The number of ether oxygens (including phenoxy) is 2. The molecule has 0 spiro atoms. The topological polar surface area (TPSA) is 114 Å². The van der Waals surface area contributed by atoms with Crippen LogP contribution in [0.4, 0.5) is 11.4 Å². The number of nitrogens with one attached hydrogen (secondary N) is 1. The molecule has 150 valence electrons. The SMILES string of the molecule is COc1cc(/C=C(\C#N)C(=O)Nc2c(Cl)cc([N+](=O)[O-])cc2Cl)cc(I)c1OC. The van der Waals surface area contributed by atoms with Gasteiger partial charge in [-0.15, -0.1) is 0 Å². The van der Waals surface area contributed by atoms with E-state index in [1.807, 2.05) is 22.6 Å². The van der Waals surface area contributed by atoms with Gasteiger partial charge in [-0.3, -0.25) is 14.9 Å². The molecule has 0 unspecified atom stereocenters. The maximum atomic E-state index is 12.5. The molecule has 0 saturated carbocycles. The Kier molecular flexibility index (Phi) is 7.66. The summed E-state index contributed by atoms with van der Waals surface area (Å²) in [5, 5.41) is 22.4. The van der Waals surface area contributed by atoms with Crippen LogP contribution in [-0.4, -0.2) is 25.1 Å². The average molecular weight is 548 g/mol. The molecule has 1 N–H and O–H groups in total. The molecular formula is C18H12Cl2IN3O5. The zero-order valence-electron chi connectivity index (χ0n) is 15.0. The van der Waals surface area contributed by atoms with Crippen LogP contribution in [0.25, 0.3) is 6.08 Å². The predicted molar refractivity (Wildman–Crippen MR) is 118 cm³/mol. The Morgan fingerprint density at radius 1 is 1.24 bits per heavy atom. The van der Waals surface area contributed by atoms with Crippen LogP contribution in [0.15, 0.2) is 29.8 Å². The molecule has 0 fully saturated rings. The van der Waals surface area contributed by atoms with Crippen molar-refractivity contribution in [3.05, 3.63) is 59.1 Å². The smallest absolute Gasteiger partial charge is 0.272 e. The van der Waals surface area contributed by atoms with Gasteiger partial charge in [-0.25, -0.2) is 0 Å². The van der Waals surface area contributed by atoms with Crippen LogP contribution < -0.4 is 14.8 Å². The Morgan fingerprint density at radius 3 is 2.34 bits per heavy atom. The fraction of sp³-hybridized carbons (Fsp3) is 0.111. The summed E-state index contributed by atoms with van der Waals surface area (Å²) >= 11 is 14.0. The summed E-state index contributed by atoms with van der Waals surface area (Å²) < 4.78 is 11.2. The number of anilines is 1. The fourth-order valence-corrected chi connectivity index (χ4v) is 3.72. The van der Waals surface area contributed by atoms with Crippen LogP contribution in [0.2, 0.25) is 10.0 Å². The van der Waals surface area contributed by atoms with Crippen molar-refractivity contribution in [1.29, 1.82) is 5.26 Å². The molecule has 0 radical (unpaired) electrons. The average Bonchev–Trinajstić information content (AvgIpc) is 2.67. The van der Waals surface area contributed by atoms with Gasteiger partial charge in [-0.1, -0.05) is 23.2 Å². The highest BCUT2D eigenvalue weighted by Gasteiger charge is 2.19. The molecule has 1 amide bonds. The minimum absolute atomic E-state index is 0.0352. The van der Waals surface area contributed by atoms with Gasteiger partial charge in [-0.2, -0.15) is 5.26 Å². The Balaban J connectivity index is 2.39. The van der Waals surface area contributed by atoms with Crippen molar-refractivity contribution < 1.29 is 19.2 Å². The lowest BCUT2D eigenvalue weighted by atomic mass is 10.1. The maximum absolute atomic E-state index is 12.5. The number of hydrogen-bond donors (Lipinski definition) is 1. The van der Waals surface area contributed by atoms with Gasteiger partial charge in [0.2, 0.25) is 0 Å². The van der Waals surface area contributed by atoms with Crippen LogP contribution in [0.5, 0.6) is 11.5 Å². The predicted octanol–water partition coefficient (Wildman–Crippen LogP) is 5.07. The van der Waals surface area contributed by atoms with E-state index in [9.17, 15) is 20.2 Å². The third-order valence-electron chi connectivity index (χ3n) is 3.61. The minimum atomic E-state index is -0.782. The Labute approximate surface area is 189 Å². The van der Waals surface area contributed by atoms with Crippen LogP contribution in [0.1, 0.15) is 5.56 Å². The first kappa shape index (κ1) is 22.7. The third kappa shape index (κ3) is 5.29. The van der Waals surface area contributed by atoms with E-state index in [1.54, 1.807) is 18.2 Å². The lowest BCUT2D eigenvalue weighted by molar-refractivity contribution is -0.384. The van der Waals surface area contributed by atoms with Crippen molar-refractivity contribution in [1.82, 2.24) is 0 Å². The Morgan fingerprint density at radius 2 is 1.86 bits per heavy atom. The van der Waals surface area contributed by atoms with E-state index in [2.05, 4.69) is 5.32 Å². The molecule has 2 aromatic carbocycles. The number of methoxy groups -OCH3 is 2. The second-order valence-corrected chi connectivity index (χ2v) is 7.38. The minimum Gasteiger partial charge on any atom is -0.493 e. The number of benzene rings is 2. The van der Waals surface area contributed by atoms with E-state index < -0.39 is 10.8 Å². The first-order valence-electron chi connectivity index (χ1n) is 7.69. The van der Waals surface area contributed by atoms with Crippen LogP contribution in [-0.2, 0) is 4.79 Å². The standard InChI is InChI=1S/C18H12Cl2IN3O5/c1-28-15-5-9(4-14(21)17(15)29-2)3-10(8-22)18(25)23-16-12(19)6-11(24(26)27)7-13(16)20/h3-7H,1-2H3,(H,23,25)/b10-3+. The molecular weight excluding hydrogens is 536 g/mol. The van der Waals surface area contributed by atoms with E-state index in [0.717, 1.165) is 15.7 Å². The Hall–Kier alpha value is -2.55. The van der Waals surface area contributed by atoms with Gasteiger partial charge in [-0.05, 0) is 46.4 Å². The highest BCUT2D eigenvalue weighted by Crippen LogP contribution is 2.36.